The van der Waals surface area contributed by atoms with Crippen molar-refractivity contribution in [1.29, 1.82) is 0 Å². The molecule has 5 nitrogen and oxygen atoms in total. The van der Waals surface area contributed by atoms with Crippen molar-refractivity contribution in [2.45, 2.75) is 29.9 Å². The van der Waals surface area contributed by atoms with E-state index in [0.717, 1.165) is 38.2 Å². The van der Waals surface area contributed by atoms with Gasteiger partial charge in [-0.3, -0.25) is 4.90 Å². The zero-order chi connectivity index (χ0) is 17.5. The van der Waals surface area contributed by atoms with E-state index in [2.05, 4.69) is 32.8 Å². The maximum Gasteiger partial charge on any atom is 0.318 e. The minimum atomic E-state index is -0.558. The van der Waals surface area contributed by atoms with Crippen molar-refractivity contribution in [3.63, 3.8) is 0 Å². The Kier molecular flexibility index (Phi) is 9.99. The molecule has 2 unspecified atom stereocenters. The first-order valence-electron chi connectivity index (χ1n) is 8.35. The molecule has 1 aromatic carbocycles. The Labute approximate surface area is 168 Å². The molecule has 1 fully saturated rings. The lowest BCUT2D eigenvalue weighted by Gasteiger charge is -2.38. The van der Waals surface area contributed by atoms with Crippen LogP contribution in [0.1, 0.15) is 31.4 Å². The molecule has 1 aliphatic heterocycles. The van der Waals surface area contributed by atoms with Gasteiger partial charge in [0.1, 0.15) is 5.82 Å². The summed E-state index contributed by atoms with van der Waals surface area (Å²) in [6.45, 7) is 5.86. The third-order valence-corrected chi connectivity index (χ3v) is 5.27. The van der Waals surface area contributed by atoms with Gasteiger partial charge in [0, 0.05) is 26.2 Å². The Morgan fingerprint density at radius 3 is 2.68 bits per heavy atom. The summed E-state index contributed by atoms with van der Waals surface area (Å²) >= 11 is 2.30. The van der Waals surface area contributed by atoms with Gasteiger partial charge in [-0.25, -0.2) is 9.18 Å². The number of halogens is 3. The molecule has 0 radical (unpaired) electrons. The third-order valence-electron chi connectivity index (χ3n) is 4.20. The predicted octanol–water partition coefficient (Wildman–Crippen LogP) is 3.17. The molecule has 1 heterocycles. The van der Waals surface area contributed by atoms with Gasteiger partial charge in [-0.05, 0) is 44.0 Å². The van der Waals surface area contributed by atoms with Crippen LogP contribution in [-0.2, 0) is 0 Å². The fraction of sp³-hybridized carbons (Fsp3) is 0.588. The summed E-state index contributed by atoms with van der Waals surface area (Å²) in [4.78, 5) is 16.1. The molecule has 25 heavy (non-hydrogen) atoms. The number of piperazine rings is 1. The standard InChI is InChI=1S/C17H25FIN3O2.ClH/c1-2-20-17(24)22-11-10-21(12-16(22)19)9-3-4-15(23)13-5-7-14(18)8-6-13;/h5-8,15-16,23H,2-4,9-12H2,1H3,(H,20,24);1H. The number of carbonyl (C=O) groups is 1. The molecule has 2 amide bonds. The second-order valence-corrected chi connectivity index (χ2v) is 7.41. The smallest absolute Gasteiger partial charge is 0.318 e. The lowest BCUT2D eigenvalue weighted by Crippen LogP contribution is -2.55. The number of carbonyl (C=O) groups excluding carboxylic acids is 1. The summed E-state index contributed by atoms with van der Waals surface area (Å²) < 4.78 is 13.1. The van der Waals surface area contributed by atoms with E-state index in [-0.39, 0.29) is 28.3 Å². The highest BCUT2D eigenvalue weighted by molar-refractivity contribution is 14.1. The van der Waals surface area contributed by atoms with Gasteiger partial charge in [0.05, 0.1) is 10.2 Å². The normalized spacial score (nSPS) is 19.2. The summed E-state index contributed by atoms with van der Waals surface area (Å²) in [5.41, 5.74) is 0.754. The van der Waals surface area contributed by atoms with Crippen molar-refractivity contribution in [3.05, 3.63) is 35.6 Å². The highest BCUT2D eigenvalue weighted by atomic mass is 127. The number of amides is 2. The highest BCUT2D eigenvalue weighted by Gasteiger charge is 2.27. The Morgan fingerprint density at radius 1 is 1.40 bits per heavy atom. The van der Waals surface area contributed by atoms with E-state index < -0.39 is 6.10 Å². The van der Waals surface area contributed by atoms with Crippen molar-refractivity contribution in [2.24, 2.45) is 0 Å². The molecule has 0 aromatic heterocycles. The summed E-state index contributed by atoms with van der Waals surface area (Å²) in [6.07, 6.45) is 0.953. The average Bonchev–Trinajstić information content (AvgIpc) is 2.55. The van der Waals surface area contributed by atoms with E-state index in [4.69, 9.17) is 0 Å². The van der Waals surface area contributed by atoms with Crippen molar-refractivity contribution in [2.75, 3.05) is 32.7 Å². The second kappa shape index (κ2) is 11.2. The molecule has 0 bridgehead atoms. The third kappa shape index (κ3) is 6.88. The van der Waals surface area contributed by atoms with Crippen LogP contribution in [0.25, 0.3) is 0 Å². The van der Waals surface area contributed by atoms with Crippen LogP contribution in [-0.4, -0.2) is 57.7 Å². The van der Waals surface area contributed by atoms with Crippen LogP contribution in [0, 0.1) is 5.82 Å². The number of urea groups is 1. The van der Waals surface area contributed by atoms with Crippen LogP contribution in [0.4, 0.5) is 9.18 Å². The highest BCUT2D eigenvalue weighted by Crippen LogP contribution is 2.20. The zero-order valence-corrected chi connectivity index (χ0v) is 17.3. The number of nitrogens with one attached hydrogen (secondary N) is 1. The monoisotopic (exact) mass is 485 g/mol. The van der Waals surface area contributed by atoms with E-state index in [1.807, 2.05) is 11.8 Å². The second-order valence-electron chi connectivity index (χ2n) is 5.97. The van der Waals surface area contributed by atoms with Gasteiger partial charge in [-0.15, -0.1) is 12.4 Å². The summed E-state index contributed by atoms with van der Waals surface area (Å²) in [7, 11) is 0. The molecule has 2 atom stereocenters. The number of rotatable bonds is 6. The molecule has 0 spiro atoms. The molecule has 142 valence electrons. The number of nitrogens with zero attached hydrogens (tertiary/aromatic N) is 2. The molecule has 1 saturated heterocycles. The number of hydrogen-bond acceptors (Lipinski definition) is 3. The van der Waals surface area contributed by atoms with Crippen molar-refractivity contribution in [1.82, 2.24) is 15.1 Å². The first-order chi connectivity index (χ1) is 11.5. The molecule has 1 aliphatic rings. The summed E-state index contributed by atoms with van der Waals surface area (Å²) in [5, 5.41) is 13.0. The van der Waals surface area contributed by atoms with Gasteiger partial charge in [0.25, 0.3) is 0 Å². The minimum Gasteiger partial charge on any atom is -0.388 e. The lowest BCUT2D eigenvalue weighted by atomic mass is 10.0. The van der Waals surface area contributed by atoms with Crippen LogP contribution in [0.2, 0.25) is 0 Å². The number of aliphatic hydroxyl groups excluding tert-OH is 1. The van der Waals surface area contributed by atoms with Crippen LogP contribution in [0.3, 0.4) is 0 Å². The molecule has 1 aromatic rings. The number of hydrogen-bond donors (Lipinski definition) is 2. The van der Waals surface area contributed by atoms with Crippen LogP contribution in [0.5, 0.6) is 0 Å². The fourth-order valence-electron chi connectivity index (χ4n) is 2.84. The van der Waals surface area contributed by atoms with E-state index in [9.17, 15) is 14.3 Å². The lowest BCUT2D eigenvalue weighted by molar-refractivity contribution is 0.121. The van der Waals surface area contributed by atoms with E-state index >= 15 is 0 Å². The molecule has 2 N–H and O–H groups in total. The first kappa shape index (κ1) is 22.4. The fourth-order valence-corrected chi connectivity index (χ4v) is 3.93. The topological polar surface area (TPSA) is 55.8 Å². The summed E-state index contributed by atoms with van der Waals surface area (Å²) in [5.74, 6) is -0.288. The van der Waals surface area contributed by atoms with Gasteiger partial charge < -0.3 is 15.3 Å². The van der Waals surface area contributed by atoms with Crippen molar-refractivity contribution < 1.29 is 14.3 Å². The maximum atomic E-state index is 12.9. The van der Waals surface area contributed by atoms with Gasteiger partial charge in [-0.2, -0.15) is 0 Å². The minimum absolute atomic E-state index is 0. The molecule has 0 saturated carbocycles. The van der Waals surface area contributed by atoms with Crippen molar-refractivity contribution in [3.8, 4) is 0 Å². The maximum absolute atomic E-state index is 12.9. The number of benzene rings is 1. The van der Waals surface area contributed by atoms with Crippen LogP contribution in [0.15, 0.2) is 24.3 Å². The van der Waals surface area contributed by atoms with E-state index in [0.29, 0.717) is 13.0 Å². The van der Waals surface area contributed by atoms with Gasteiger partial charge in [0.2, 0.25) is 0 Å². The molecule has 2 rings (SSSR count). The van der Waals surface area contributed by atoms with Gasteiger partial charge >= 0.3 is 6.03 Å². The Hall–Kier alpha value is -0.640. The Bertz CT molecular complexity index is 535. The molecule has 8 heteroatoms. The quantitative estimate of drug-likeness (QED) is 0.370. The van der Waals surface area contributed by atoms with Crippen LogP contribution >= 0.6 is 35.0 Å². The molecular weight excluding hydrogens is 460 g/mol. The van der Waals surface area contributed by atoms with Crippen molar-refractivity contribution >= 4 is 41.0 Å². The number of alkyl halides is 1. The van der Waals surface area contributed by atoms with E-state index in [1.54, 1.807) is 12.1 Å². The molecular formula is C17H26ClFIN3O2. The predicted molar refractivity (Wildman–Crippen MR) is 108 cm³/mol. The SMILES string of the molecule is CCNC(=O)N1CCN(CCCC(O)c2ccc(F)cc2)CC1I.Cl. The first-order valence-corrected chi connectivity index (χ1v) is 9.60. The zero-order valence-electron chi connectivity index (χ0n) is 14.3. The largest absolute Gasteiger partial charge is 0.388 e. The van der Waals surface area contributed by atoms with E-state index in [1.165, 1.54) is 12.1 Å². The Morgan fingerprint density at radius 2 is 2.08 bits per heavy atom. The van der Waals surface area contributed by atoms with Gasteiger partial charge in [-0.1, -0.05) is 34.7 Å². The van der Waals surface area contributed by atoms with Gasteiger partial charge in [0.15, 0.2) is 0 Å². The number of aliphatic hydroxyl groups is 1. The average molecular weight is 486 g/mol. The van der Waals surface area contributed by atoms with Crippen LogP contribution < -0.4 is 5.32 Å². The Balaban J connectivity index is 0.00000312. The molecule has 0 aliphatic carbocycles. The summed E-state index contributed by atoms with van der Waals surface area (Å²) in [6, 6.07) is 6.01.